The van der Waals surface area contributed by atoms with Crippen molar-refractivity contribution in [2.24, 2.45) is 0 Å². The van der Waals surface area contributed by atoms with E-state index in [4.69, 9.17) is 0 Å². The Morgan fingerprint density at radius 1 is 1.23 bits per heavy atom. The Hall–Kier alpha value is -0.340. The fraction of sp³-hybridized carbons (Fsp3) is 0.455. The van der Waals surface area contributed by atoms with E-state index < -0.39 is 0 Å². The molecule has 1 fully saturated rings. The number of halogens is 1. The third kappa shape index (κ3) is 2.55. The second-order valence-corrected chi connectivity index (χ2v) is 4.77. The number of aliphatic hydroxyl groups is 1. The summed E-state index contributed by atoms with van der Waals surface area (Å²) in [6, 6.07) is 8.31. The first-order chi connectivity index (χ1) is 6.18. The Kier molecular flexibility index (Phi) is 2.43. The van der Waals surface area contributed by atoms with Crippen LogP contribution in [0.2, 0.25) is 0 Å². The number of aryl methyl sites for hydroxylation is 1. The van der Waals surface area contributed by atoms with Crippen LogP contribution in [-0.2, 0) is 6.42 Å². The van der Waals surface area contributed by atoms with Gasteiger partial charge in [0, 0.05) is 4.47 Å². The van der Waals surface area contributed by atoms with E-state index in [0.717, 1.165) is 30.2 Å². The molecule has 0 amide bonds. The van der Waals surface area contributed by atoms with Gasteiger partial charge < -0.3 is 5.11 Å². The van der Waals surface area contributed by atoms with E-state index in [1.54, 1.807) is 0 Å². The Morgan fingerprint density at radius 2 is 1.85 bits per heavy atom. The van der Waals surface area contributed by atoms with Crippen LogP contribution in [0.15, 0.2) is 28.7 Å². The predicted molar refractivity (Wildman–Crippen MR) is 56.6 cm³/mol. The molecule has 13 heavy (non-hydrogen) atoms. The van der Waals surface area contributed by atoms with Gasteiger partial charge in [0.1, 0.15) is 0 Å². The van der Waals surface area contributed by atoms with Crippen molar-refractivity contribution in [1.29, 1.82) is 0 Å². The van der Waals surface area contributed by atoms with Crippen LogP contribution in [0.3, 0.4) is 0 Å². The van der Waals surface area contributed by atoms with Crippen molar-refractivity contribution in [3.63, 3.8) is 0 Å². The van der Waals surface area contributed by atoms with Gasteiger partial charge in [-0.15, -0.1) is 0 Å². The van der Waals surface area contributed by atoms with Crippen molar-refractivity contribution >= 4 is 15.9 Å². The van der Waals surface area contributed by atoms with Gasteiger partial charge in [0.25, 0.3) is 0 Å². The van der Waals surface area contributed by atoms with Crippen molar-refractivity contribution in [2.45, 2.75) is 31.3 Å². The average Bonchev–Trinajstić information content (AvgIpc) is 2.84. The maximum absolute atomic E-state index is 9.64. The molecule has 1 N–H and O–H groups in total. The summed E-state index contributed by atoms with van der Waals surface area (Å²) in [5.41, 5.74) is 0.996. The fourth-order valence-electron chi connectivity index (χ4n) is 1.42. The first-order valence-electron chi connectivity index (χ1n) is 4.65. The lowest BCUT2D eigenvalue weighted by atomic mass is 10.1. The topological polar surface area (TPSA) is 20.2 Å². The van der Waals surface area contributed by atoms with Crippen LogP contribution in [0.1, 0.15) is 24.8 Å². The van der Waals surface area contributed by atoms with E-state index in [-0.39, 0.29) is 5.60 Å². The quantitative estimate of drug-likeness (QED) is 0.862. The van der Waals surface area contributed by atoms with Crippen molar-refractivity contribution in [3.8, 4) is 0 Å². The summed E-state index contributed by atoms with van der Waals surface area (Å²) in [6.45, 7) is 0. The zero-order chi connectivity index (χ0) is 9.31. The van der Waals surface area contributed by atoms with Crippen molar-refractivity contribution in [2.75, 3.05) is 0 Å². The summed E-state index contributed by atoms with van der Waals surface area (Å²) in [4.78, 5) is 0. The third-order valence-electron chi connectivity index (χ3n) is 2.62. The number of benzene rings is 1. The van der Waals surface area contributed by atoms with Crippen LogP contribution >= 0.6 is 15.9 Å². The third-order valence-corrected chi connectivity index (χ3v) is 3.15. The molecule has 0 heterocycles. The zero-order valence-electron chi connectivity index (χ0n) is 7.46. The van der Waals surface area contributed by atoms with Gasteiger partial charge in [-0.25, -0.2) is 0 Å². The monoisotopic (exact) mass is 240 g/mol. The van der Waals surface area contributed by atoms with Crippen LogP contribution in [0, 0.1) is 0 Å². The maximum Gasteiger partial charge on any atom is 0.0653 e. The van der Waals surface area contributed by atoms with Crippen molar-refractivity contribution < 1.29 is 5.11 Å². The highest BCUT2D eigenvalue weighted by atomic mass is 79.9. The van der Waals surface area contributed by atoms with E-state index in [1.807, 2.05) is 12.1 Å². The summed E-state index contributed by atoms with van der Waals surface area (Å²) in [6.07, 6.45) is 3.88. The van der Waals surface area contributed by atoms with Crippen LogP contribution in [-0.4, -0.2) is 10.7 Å². The molecule has 1 aliphatic rings. The summed E-state index contributed by atoms with van der Waals surface area (Å²) < 4.78 is 1.11. The maximum atomic E-state index is 9.64. The molecule has 1 aromatic carbocycles. The molecule has 0 aliphatic heterocycles. The van der Waals surface area contributed by atoms with Gasteiger partial charge in [0.15, 0.2) is 0 Å². The highest BCUT2D eigenvalue weighted by molar-refractivity contribution is 9.10. The molecule has 2 rings (SSSR count). The molecule has 70 valence electrons. The van der Waals surface area contributed by atoms with Crippen LogP contribution in [0.4, 0.5) is 0 Å². The standard InChI is InChI=1S/C11H13BrO/c12-10-3-1-9(2-4-10)5-6-11(13)7-8-11/h1-4,13H,5-8H2. The molecule has 1 aromatic rings. The first kappa shape index (κ1) is 9.22. The lowest BCUT2D eigenvalue weighted by Gasteiger charge is -2.06. The summed E-state index contributed by atoms with van der Waals surface area (Å²) in [7, 11) is 0. The number of hydrogen-bond acceptors (Lipinski definition) is 1. The second-order valence-electron chi connectivity index (χ2n) is 3.85. The van der Waals surface area contributed by atoms with E-state index in [0.29, 0.717) is 0 Å². The highest BCUT2D eigenvalue weighted by Gasteiger charge is 2.39. The van der Waals surface area contributed by atoms with E-state index in [2.05, 4.69) is 28.1 Å². The van der Waals surface area contributed by atoms with Crippen LogP contribution in [0.25, 0.3) is 0 Å². The molecular formula is C11H13BrO. The predicted octanol–water partition coefficient (Wildman–Crippen LogP) is 2.91. The Labute approximate surface area is 86.9 Å². The first-order valence-corrected chi connectivity index (χ1v) is 5.44. The minimum absolute atomic E-state index is 0.312. The normalized spacial score (nSPS) is 18.6. The summed E-state index contributed by atoms with van der Waals surface area (Å²) in [5.74, 6) is 0. The minimum Gasteiger partial charge on any atom is -0.390 e. The molecule has 1 nitrogen and oxygen atoms in total. The SMILES string of the molecule is OC1(CCc2ccc(Br)cc2)CC1. The van der Waals surface area contributed by atoms with Crippen LogP contribution < -0.4 is 0 Å². The van der Waals surface area contributed by atoms with Gasteiger partial charge in [0.2, 0.25) is 0 Å². The van der Waals surface area contributed by atoms with E-state index >= 15 is 0 Å². The lowest BCUT2D eigenvalue weighted by molar-refractivity contribution is 0.140. The molecule has 0 radical (unpaired) electrons. The molecule has 0 bridgehead atoms. The van der Waals surface area contributed by atoms with Gasteiger partial charge >= 0.3 is 0 Å². The van der Waals surface area contributed by atoms with Gasteiger partial charge in [-0.3, -0.25) is 0 Å². The van der Waals surface area contributed by atoms with Crippen molar-refractivity contribution in [3.05, 3.63) is 34.3 Å². The molecule has 0 atom stereocenters. The van der Waals surface area contributed by atoms with Crippen molar-refractivity contribution in [1.82, 2.24) is 0 Å². The molecule has 1 aliphatic carbocycles. The Morgan fingerprint density at radius 3 is 2.38 bits per heavy atom. The number of rotatable bonds is 3. The smallest absolute Gasteiger partial charge is 0.0653 e. The average molecular weight is 241 g/mol. The molecular weight excluding hydrogens is 228 g/mol. The molecule has 0 aromatic heterocycles. The van der Waals surface area contributed by atoms with Gasteiger partial charge in [0.05, 0.1) is 5.60 Å². The second kappa shape index (κ2) is 3.43. The molecule has 2 heteroatoms. The summed E-state index contributed by atoms with van der Waals surface area (Å²) in [5, 5.41) is 9.64. The van der Waals surface area contributed by atoms with Gasteiger partial charge in [-0.2, -0.15) is 0 Å². The molecule has 0 spiro atoms. The molecule has 0 saturated heterocycles. The summed E-state index contributed by atoms with van der Waals surface area (Å²) >= 11 is 3.40. The van der Waals surface area contributed by atoms with Crippen LogP contribution in [0.5, 0.6) is 0 Å². The highest BCUT2D eigenvalue weighted by Crippen LogP contribution is 2.39. The number of hydrogen-bond donors (Lipinski definition) is 1. The molecule has 1 saturated carbocycles. The Balaban J connectivity index is 1.91. The Bertz CT molecular complexity index is 287. The largest absolute Gasteiger partial charge is 0.390 e. The van der Waals surface area contributed by atoms with Gasteiger partial charge in [-0.05, 0) is 43.4 Å². The fourth-order valence-corrected chi connectivity index (χ4v) is 1.69. The molecule has 0 unspecified atom stereocenters. The lowest BCUT2D eigenvalue weighted by Crippen LogP contribution is -2.07. The minimum atomic E-state index is -0.312. The van der Waals surface area contributed by atoms with E-state index in [1.165, 1.54) is 5.56 Å². The van der Waals surface area contributed by atoms with Gasteiger partial charge in [-0.1, -0.05) is 28.1 Å². The zero-order valence-corrected chi connectivity index (χ0v) is 9.05. The van der Waals surface area contributed by atoms with E-state index in [9.17, 15) is 5.11 Å².